The first-order chi connectivity index (χ1) is 6.32. The lowest BCUT2D eigenvalue weighted by molar-refractivity contribution is 0.219. The zero-order valence-electron chi connectivity index (χ0n) is 9.53. The second kappa shape index (κ2) is 3.59. The Hall–Kier alpha value is -1.06. The maximum atomic E-state index is 5.42. The van der Waals surface area contributed by atoms with Crippen molar-refractivity contribution in [1.82, 2.24) is 10.2 Å². The Kier molecular flexibility index (Phi) is 2.83. The van der Waals surface area contributed by atoms with E-state index in [4.69, 9.17) is 10.2 Å². The van der Waals surface area contributed by atoms with Crippen LogP contribution >= 0.6 is 0 Å². The summed E-state index contributed by atoms with van der Waals surface area (Å²) in [5, 5.41) is 7.66. The molecule has 4 heteroatoms. The molecular formula is C10H19N3O. The van der Waals surface area contributed by atoms with Gasteiger partial charge in [0.25, 0.3) is 0 Å². The van der Waals surface area contributed by atoms with Crippen LogP contribution in [-0.4, -0.2) is 10.2 Å². The van der Waals surface area contributed by atoms with Crippen molar-refractivity contribution < 1.29 is 4.42 Å². The van der Waals surface area contributed by atoms with Crippen LogP contribution in [0.2, 0.25) is 0 Å². The highest BCUT2D eigenvalue weighted by atomic mass is 16.4. The molecule has 0 aliphatic carbocycles. The SMILES string of the molecule is CC(C)[C@H](c1nnc(N)o1)C(C)(C)C. The minimum Gasteiger partial charge on any atom is -0.408 e. The molecule has 0 aliphatic heterocycles. The molecule has 2 N–H and O–H groups in total. The van der Waals surface area contributed by atoms with E-state index in [1.807, 2.05) is 0 Å². The van der Waals surface area contributed by atoms with Crippen molar-refractivity contribution in [3.05, 3.63) is 5.89 Å². The van der Waals surface area contributed by atoms with Gasteiger partial charge in [0, 0.05) is 5.92 Å². The molecule has 0 unspecified atom stereocenters. The van der Waals surface area contributed by atoms with Gasteiger partial charge in [0.2, 0.25) is 5.89 Å². The van der Waals surface area contributed by atoms with Crippen LogP contribution in [0.1, 0.15) is 46.4 Å². The van der Waals surface area contributed by atoms with Crippen LogP contribution < -0.4 is 5.73 Å². The maximum Gasteiger partial charge on any atom is 0.312 e. The Morgan fingerprint density at radius 3 is 2.07 bits per heavy atom. The zero-order chi connectivity index (χ0) is 10.9. The second-order valence-corrected chi connectivity index (χ2v) is 5.07. The molecule has 0 fully saturated rings. The van der Waals surface area contributed by atoms with Gasteiger partial charge in [-0.05, 0) is 11.3 Å². The van der Waals surface area contributed by atoms with E-state index in [0.717, 1.165) is 0 Å². The molecule has 0 bridgehead atoms. The van der Waals surface area contributed by atoms with Gasteiger partial charge in [-0.2, -0.15) is 0 Å². The van der Waals surface area contributed by atoms with Crippen molar-refractivity contribution >= 4 is 6.01 Å². The van der Waals surface area contributed by atoms with E-state index in [1.165, 1.54) is 0 Å². The van der Waals surface area contributed by atoms with Crippen LogP contribution in [0.25, 0.3) is 0 Å². The van der Waals surface area contributed by atoms with E-state index in [-0.39, 0.29) is 17.3 Å². The number of aromatic nitrogens is 2. The number of hydrogen-bond acceptors (Lipinski definition) is 4. The average molecular weight is 197 g/mol. The summed E-state index contributed by atoms with van der Waals surface area (Å²) in [7, 11) is 0. The Morgan fingerprint density at radius 1 is 1.21 bits per heavy atom. The van der Waals surface area contributed by atoms with Crippen LogP contribution in [0.3, 0.4) is 0 Å². The third-order valence-electron chi connectivity index (χ3n) is 2.32. The second-order valence-electron chi connectivity index (χ2n) is 5.07. The number of nitrogens with two attached hydrogens (primary N) is 1. The van der Waals surface area contributed by atoms with Crippen LogP contribution in [0.15, 0.2) is 4.42 Å². The fourth-order valence-corrected chi connectivity index (χ4v) is 2.03. The molecule has 1 atom stereocenters. The van der Waals surface area contributed by atoms with Gasteiger partial charge in [-0.1, -0.05) is 39.7 Å². The fraction of sp³-hybridized carbons (Fsp3) is 0.800. The number of hydrogen-bond donors (Lipinski definition) is 1. The molecule has 0 aromatic carbocycles. The van der Waals surface area contributed by atoms with Crippen molar-refractivity contribution in [3.8, 4) is 0 Å². The van der Waals surface area contributed by atoms with Crippen molar-refractivity contribution in [1.29, 1.82) is 0 Å². The number of anilines is 1. The Morgan fingerprint density at radius 2 is 1.79 bits per heavy atom. The lowest BCUT2D eigenvalue weighted by Crippen LogP contribution is -2.23. The molecule has 0 saturated heterocycles. The molecule has 1 aromatic rings. The van der Waals surface area contributed by atoms with Crippen molar-refractivity contribution in [2.45, 2.75) is 40.5 Å². The topological polar surface area (TPSA) is 64.9 Å². The summed E-state index contributed by atoms with van der Waals surface area (Å²) in [6, 6.07) is 0.148. The van der Waals surface area contributed by atoms with E-state index >= 15 is 0 Å². The van der Waals surface area contributed by atoms with Gasteiger partial charge in [0.15, 0.2) is 0 Å². The first kappa shape index (κ1) is 11.0. The first-order valence-electron chi connectivity index (χ1n) is 4.91. The van der Waals surface area contributed by atoms with Gasteiger partial charge in [0.05, 0.1) is 0 Å². The standard InChI is InChI=1S/C10H19N3O/c1-6(2)7(10(3,4)5)8-12-13-9(11)14-8/h6-7H,1-5H3,(H2,11,13)/t7-/m1/s1. The smallest absolute Gasteiger partial charge is 0.312 e. The van der Waals surface area contributed by atoms with E-state index in [2.05, 4.69) is 44.8 Å². The predicted octanol–water partition coefficient (Wildman–Crippen LogP) is 2.44. The van der Waals surface area contributed by atoms with Crippen molar-refractivity contribution in [3.63, 3.8) is 0 Å². The summed E-state index contributed by atoms with van der Waals surface area (Å²) in [6.45, 7) is 10.8. The molecule has 14 heavy (non-hydrogen) atoms. The lowest BCUT2D eigenvalue weighted by Gasteiger charge is -2.30. The van der Waals surface area contributed by atoms with Gasteiger partial charge < -0.3 is 10.2 Å². The van der Waals surface area contributed by atoms with Gasteiger partial charge in [-0.3, -0.25) is 0 Å². The Labute approximate surface area is 84.9 Å². The maximum absolute atomic E-state index is 5.42. The van der Waals surface area contributed by atoms with E-state index < -0.39 is 0 Å². The van der Waals surface area contributed by atoms with E-state index in [9.17, 15) is 0 Å². The fourth-order valence-electron chi connectivity index (χ4n) is 2.03. The third kappa shape index (κ3) is 2.25. The first-order valence-corrected chi connectivity index (χ1v) is 4.91. The zero-order valence-corrected chi connectivity index (χ0v) is 9.53. The summed E-state index contributed by atoms with van der Waals surface area (Å²) < 4.78 is 5.29. The molecule has 0 amide bonds. The van der Waals surface area contributed by atoms with Crippen LogP contribution in [0.5, 0.6) is 0 Å². The molecule has 1 heterocycles. The monoisotopic (exact) mass is 197 g/mol. The highest BCUT2D eigenvalue weighted by molar-refractivity contribution is 5.09. The minimum atomic E-state index is 0.104. The van der Waals surface area contributed by atoms with Crippen LogP contribution in [-0.2, 0) is 0 Å². The molecule has 0 radical (unpaired) electrons. The van der Waals surface area contributed by atoms with E-state index in [1.54, 1.807) is 0 Å². The third-order valence-corrected chi connectivity index (χ3v) is 2.32. The average Bonchev–Trinajstić information content (AvgIpc) is 2.31. The van der Waals surface area contributed by atoms with Gasteiger partial charge >= 0.3 is 6.01 Å². The molecule has 0 spiro atoms. The molecular weight excluding hydrogens is 178 g/mol. The predicted molar refractivity (Wildman–Crippen MR) is 55.7 cm³/mol. The van der Waals surface area contributed by atoms with Crippen LogP contribution in [0.4, 0.5) is 6.01 Å². The molecule has 0 saturated carbocycles. The number of nitrogen functional groups attached to an aromatic ring is 1. The number of rotatable bonds is 2. The Balaban J connectivity index is 3.01. The van der Waals surface area contributed by atoms with E-state index in [0.29, 0.717) is 11.8 Å². The summed E-state index contributed by atoms with van der Waals surface area (Å²) >= 11 is 0. The molecule has 1 aromatic heterocycles. The normalized spacial score (nSPS) is 14.7. The van der Waals surface area contributed by atoms with Gasteiger partial charge in [-0.25, -0.2) is 0 Å². The van der Waals surface area contributed by atoms with Gasteiger partial charge in [0.1, 0.15) is 0 Å². The highest BCUT2D eigenvalue weighted by Crippen LogP contribution is 2.39. The summed E-state index contributed by atoms with van der Waals surface area (Å²) in [4.78, 5) is 0. The molecule has 80 valence electrons. The summed E-state index contributed by atoms with van der Waals surface area (Å²) in [5.41, 5.74) is 5.52. The van der Waals surface area contributed by atoms with Crippen molar-refractivity contribution in [2.24, 2.45) is 11.3 Å². The summed E-state index contributed by atoms with van der Waals surface area (Å²) in [6.07, 6.45) is 0. The highest BCUT2D eigenvalue weighted by Gasteiger charge is 2.33. The minimum absolute atomic E-state index is 0.104. The quantitative estimate of drug-likeness (QED) is 0.790. The largest absolute Gasteiger partial charge is 0.408 e. The summed E-state index contributed by atoms with van der Waals surface area (Å²) in [5.74, 6) is 1.34. The lowest BCUT2D eigenvalue weighted by atomic mass is 9.74. The van der Waals surface area contributed by atoms with Gasteiger partial charge in [-0.15, -0.1) is 5.10 Å². The van der Waals surface area contributed by atoms with Crippen molar-refractivity contribution in [2.75, 3.05) is 5.73 Å². The Bertz CT molecular complexity index is 299. The van der Waals surface area contributed by atoms with Crippen LogP contribution in [0, 0.1) is 11.3 Å². The molecule has 0 aliphatic rings. The number of nitrogens with zero attached hydrogens (tertiary/aromatic N) is 2. The molecule has 1 rings (SSSR count). The molecule has 4 nitrogen and oxygen atoms in total.